The van der Waals surface area contributed by atoms with Crippen LogP contribution in [-0.4, -0.2) is 17.6 Å². The van der Waals surface area contributed by atoms with Crippen LogP contribution < -0.4 is 11.1 Å². The Hall–Kier alpha value is -1.55. The molecule has 0 fully saturated rings. The maximum Gasteiger partial charge on any atom is 0.303 e. The Bertz CT molecular complexity index is 549. The van der Waals surface area contributed by atoms with Gasteiger partial charge < -0.3 is 16.2 Å². The third-order valence-corrected chi connectivity index (χ3v) is 4.97. The number of benzene rings is 1. The molecule has 0 spiro atoms. The minimum absolute atomic E-state index is 0.0537. The predicted molar refractivity (Wildman–Crippen MR) is 94.6 cm³/mol. The van der Waals surface area contributed by atoms with Crippen molar-refractivity contribution in [2.75, 3.05) is 11.9 Å². The lowest BCUT2D eigenvalue weighted by molar-refractivity contribution is -0.137. The molecule has 2 rings (SSSR count). The van der Waals surface area contributed by atoms with Crippen LogP contribution in [0, 0.1) is 11.3 Å². The van der Waals surface area contributed by atoms with Crippen LogP contribution in [0.5, 0.6) is 0 Å². The zero-order valence-corrected chi connectivity index (χ0v) is 14.6. The number of hydrogen-bond donors (Lipinski definition) is 3. The predicted octanol–water partition coefficient (Wildman–Crippen LogP) is 3.96. The average Bonchev–Trinajstić information content (AvgIpc) is 2.49. The summed E-state index contributed by atoms with van der Waals surface area (Å²) in [5.41, 5.74) is 10.2. The second kappa shape index (κ2) is 7.35. The Morgan fingerprint density at radius 3 is 2.78 bits per heavy atom. The molecule has 1 aromatic rings. The van der Waals surface area contributed by atoms with Crippen molar-refractivity contribution in [3.05, 3.63) is 29.3 Å². The number of aryl methyl sites for hydroxylation is 1. The summed E-state index contributed by atoms with van der Waals surface area (Å²) in [4.78, 5) is 10.9. The van der Waals surface area contributed by atoms with Gasteiger partial charge in [-0.2, -0.15) is 0 Å². The molecule has 1 heterocycles. The normalized spacial score (nSPS) is 17.0. The molecule has 0 amide bonds. The molecule has 1 aliphatic heterocycles. The number of hydrogen-bond acceptors (Lipinski definition) is 3. The molecular weight excluding hydrogens is 288 g/mol. The molecule has 23 heavy (non-hydrogen) atoms. The zero-order chi connectivity index (χ0) is 17.0. The van der Waals surface area contributed by atoms with Gasteiger partial charge in [0.2, 0.25) is 0 Å². The fraction of sp³-hybridized carbons (Fsp3) is 0.632. The van der Waals surface area contributed by atoms with Crippen LogP contribution in [0.25, 0.3) is 0 Å². The van der Waals surface area contributed by atoms with E-state index in [4.69, 9.17) is 10.8 Å². The topological polar surface area (TPSA) is 75.3 Å². The van der Waals surface area contributed by atoms with Crippen molar-refractivity contribution in [2.45, 2.75) is 58.9 Å². The first-order chi connectivity index (χ1) is 10.8. The molecule has 0 bridgehead atoms. The van der Waals surface area contributed by atoms with E-state index >= 15 is 0 Å². The van der Waals surface area contributed by atoms with Crippen LogP contribution in [0.3, 0.4) is 0 Å². The van der Waals surface area contributed by atoms with Crippen molar-refractivity contribution in [3.8, 4) is 0 Å². The average molecular weight is 318 g/mol. The summed E-state index contributed by atoms with van der Waals surface area (Å²) < 4.78 is 0. The Kier molecular flexibility index (Phi) is 5.69. The monoisotopic (exact) mass is 318 g/mol. The molecule has 0 saturated heterocycles. The summed E-state index contributed by atoms with van der Waals surface area (Å²) in [7, 11) is 0. The summed E-state index contributed by atoms with van der Waals surface area (Å²) in [6, 6.07) is 6.44. The highest BCUT2D eigenvalue weighted by molar-refractivity contribution is 5.66. The number of carbonyl (C=O) groups is 1. The minimum atomic E-state index is -0.731. The van der Waals surface area contributed by atoms with E-state index < -0.39 is 5.97 Å². The first-order valence-electron chi connectivity index (χ1n) is 8.61. The van der Waals surface area contributed by atoms with Gasteiger partial charge in [-0.15, -0.1) is 0 Å². The van der Waals surface area contributed by atoms with Gasteiger partial charge in [0.15, 0.2) is 0 Å². The van der Waals surface area contributed by atoms with E-state index in [1.807, 2.05) is 0 Å². The standard InChI is InChI=1S/C19H30N2O2/c1-19(2,3)15(8-9-18(22)23)12-16(20)14-7-6-13-5-4-10-21-17(13)11-14/h6-7,11,15-16,21H,4-5,8-10,12,20H2,1-3H3,(H,22,23)/t15?,16-/m1/s1. The third-order valence-electron chi connectivity index (χ3n) is 4.97. The molecule has 0 aromatic heterocycles. The number of rotatable bonds is 6. The van der Waals surface area contributed by atoms with E-state index in [0.29, 0.717) is 6.42 Å². The molecule has 2 atom stereocenters. The Labute approximate surface area is 139 Å². The van der Waals surface area contributed by atoms with Gasteiger partial charge in [0.1, 0.15) is 0 Å². The van der Waals surface area contributed by atoms with Crippen molar-refractivity contribution >= 4 is 11.7 Å². The summed E-state index contributed by atoms with van der Waals surface area (Å²) >= 11 is 0. The van der Waals surface area contributed by atoms with Crippen LogP contribution in [-0.2, 0) is 11.2 Å². The summed E-state index contributed by atoms with van der Waals surface area (Å²) in [6.07, 6.45) is 4.01. The van der Waals surface area contributed by atoms with E-state index in [1.165, 1.54) is 17.7 Å². The number of nitrogens with two attached hydrogens (primary N) is 1. The molecule has 4 heteroatoms. The highest BCUT2D eigenvalue weighted by Crippen LogP contribution is 2.37. The van der Waals surface area contributed by atoms with Gasteiger partial charge in [0.05, 0.1) is 0 Å². The van der Waals surface area contributed by atoms with Crippen LogP contribution >= 0.6 is 0 Å². The summed E-state index contributed by atoms with van der Waals surface area (Å²) in [6.45, 7) is 7.52. The molecular formula is C19H30N2O2. The van der Waals surface area contributed by atoms with Crippen LogP contribution in [0.4, 0.5) is 5.69 Å². The first kappa shape index (κ1) is 17.8. The molecule has 1 aliphatic rings. The number of carboxylic acids is 1. The van der Waals surface area contributed by atoms with Gasteiger partial charge in [0.25, 0.3) is 0 Å². The molecule has 4 N–H and O–H groups in total. The summed E-state index contributed by atoms with van der Waals surface area (Å²) in [5.74, 6) is -0.441. The molecule has 128 valence electrons. The van der Waals surface area contributed by atoms with Crippen LogP contribution in [0.15, 0.2) is 18.2 Å². The molecule has 0 saturated carbocycles. The highest BCUT2D eigenvalue weighted by Gasteiger charge is 2.27. The number of anilines is 1. The van der Waals surface area contributed by atoms with Gasteiger partial charge in [-0.1, -0.05) is 32.9 Å². The lowest BCUT2D eigenvalue weighted by Crippen LogP contribution is -2.26. The van der Waals surface area contributed by atoms with E-state index in [0.717, 1.165) is 24.9 Å². The van der Waals surface area contributed by atoms with Crippen molar-refractivity contribution in [2.24, 2.45) is 17.1 Å². The smallest absolute Gasteiger partial charge is 0.303 e. The molecule has 4 nitrogen and oxygen atoms in total. The second-order valence-corrected chi connectivity index (χ2v) is 7.78. The Morgan fingerprint density at radius 1 is 1.39 bits per heavy atom. The summed E-state index contributed by atoms with van der Waals surface area (Å²) in [5, 5.41) is 12.4. The van der Waals surface area contributed by atoms with Crippen molar-refractivity contribution < 1.29 is 9.90 Å². The molecule has 1 unspecified atom stereocenters. The number of nitrogens with one attached hydrogen (secondary N) is 1. The number of fused-ring (bicyclic) bond motifs is 1. The highest BCUT2D eigenvalue weighted by atomic mass is 16.4. The maximum atomic E-state index is 10.9. The van der Waals surface area contributed by atoms with E-state index in [-0.39, 0.29) is 23.8 Å². The zero-order valence-electron chi connectivity index (χ0n) is 14.6. The first-order valence-corrected chi connectivity index (χ1v) is 8.61. The van der Waals surface area contributed by atoms with Gasteiger partial charge in [-0.25, -0.2) is 0 Å². The largest absolute Gasteiger partial charge is 0.481 e. The van der Waals surface area contributed by atoms with Crippen molar-refractivity contribution in [1.29, 1.82) is 0 Å². The van der Waals surface area contributed by atoms with Gasteiger partial charge in [-0.3, -0.25) is 4.79 Å². The lowest BCUT2D eigenvalue weighted by Gasteiger charge is -2.33. The third kappa shape index (κ3) is 4.96. The Morgan fingerprint density at radius 2 is 2.13 bits per heavy atom. The Balaban J connectivity index is 2.08. The number of carboxylic acid groups (broad SMARTS) is 1. The van der Waals surface area contributed by atoms with Gasteiger partial charge >= 0.3 is 5.97 Å². The van der Waals surface area contributed by atoms with Crippen LogP contribution in [0.2, 0.25) is 0 Å². The molecule has 0 aliphatic carbocycles. The molecule has 1 aromatic carbocycles. The number of aliphatic carboxylic acids is 1. The maximum absolute atomic E-state index is 10.9. The van der Waals surface area contributed by atoms with Crippen LogP contribution in [0.1, 0.15) is 63.6 Å². The second-order valence-electron chi connectivity index (χ2n) is 7.78. The fourth-order valence-corrected chi connectivity index (χ4v) is 3.35. The molecule has 0 radical (unpaired) electrons. The van der Waals surface area contributed by atoms with Gasteiger partial charge in [-0.05, 0) is 54.2 Å². The van der Waals surface area contributed by atoms with E-state index in [9.17, 15) is 4.79 Å². The lowest BCUT2D eigenvalue weighted by atomic mass is 9.74. The van der Waals surface area contributed by atoms with Crippen molar-refractivity contribution in [3.63, 3.8) is 0 Å². The SMILES string of the molecule is CC(C)(C)C(CCC(=O)O)C[C@@H](N)c1ccc2c(c1)NCCC2. The van der Waals surface area contributed by atoms with E-state index in [2.05, 4.69) is 44.3 Å². The van der Waals surface area contributed by atoms with E-state index in [1.54, 1.807) is 0 Å². The minimum Gasteiger partial charge on any atom is -0.481 e. The van der Waals surface area contributed by atoms with Gasteiger partial charge in [0, 0.05) is 24.7 Å². The fourth-order valence-electron chi connectivity index (χ4n) is 3.35. The quantitative estimate of drug-likeness (QED) is 0.742. The van der Waals surface area contributed by atoms with Crippen molar-refractivity contribution in [1.82, 2.24) is 0 Å².